The zero-order valence-electron chi connectivity index (χ0n) is 17.8. The van der Waals surface area contributed by atoms with Crippen LogP contribution in [0.1, 0.15) is 17.7 Å². The number of rotatable bonds is 11. The summed E-state index contributed by atoms with van der Waals surface area (Å²) in [7, 11) is -0.612. The summed E-state index contributed by atoms with van der Waals surface area (Å²) >= 11 is 1.18. The van der Waals surface area contributed by atoms with Crippen LogP contribution < -0.4 is 19.5 Å². The summed E-state index contributed by atoms with van der Waals surface area (Å²) in [5.74, 6) is 1.28. The number of carbonyl (C=O) groups is 1. The third kappa shape index (κ3) is 6.69. The number of aromatic nitrogens is 1. The molecule has 2 aromatic carbocycles. The number of methoxy groups -OCH3 is 2. The van der Waals surface area contributed by atoms with E-state index in [1.165, 1.54) is 30.6 Å². The fraction of sp³-hybridized carbons (Fsp3) is 0.273. The van der Waals surface area contributed by atoms with Crippen molar-refractivity contribution in [2.75, 3.05) is 25.5 Å². The van der Waals surface area contributed by atoms with Crippen LogP contribution in [-0.4, -0.2) is 40.1 Å². The number of aryl methyl sites for hydroxylation is 1. The average molecular weight is 476 g/mol. The van der Waals surface area contributed by atoms with Gasteiger partial charge < -0.3 is 14.8 Å². The molecule has 10 heteroatoms. The molecular formula is C22H25N3O5S2. The number of carbonyl (C=O) groups excluding carboxylic acids is 1. The van der Waals surface area contributed by atoms with Crippen LogP contribution in [0.15, 0.2) is 58.8 Å². The van der Waals surface area contributed by atoms with Crippen molar-refractivity contribution in [3.63, 3.8) is 0 Å². The number of anilines is 1. The first kappa shape index (κ1) is 23.6. The third-order valence-corrected chi connectivity index (χ3v) is 6.91. The van der Waals surface area contributed by atoms with Crippen LogP contribution in [0.2, 0.25) is 0 Å². The van der Waals surface area contributed by atoms with Crippen LogP contribution in [0.3, 0.4) is 0 Å². The summed E-state index contributed by atoms with van der Waals surface area (Å²) in [6.45, 7) is 0.524. The molecule has 0 aliphatic heterocycles. The molecule has 0 radical (unpaired) electrons. The van der Waals surface area contributed by atoms with Gasteiger partial charge in [-0.05, 0) is 54.8 Å². The standard InChI is InChI=1S/C22H25N3O5S2/c1-29-18-7-9-20(10-8-18)32(27,28)25-22-24-17(15-31-22)6-11-21(26)23-13-12-16-4-3-5-19(14-16)30-2/h3-5,7-10,14-15H,6,11-13H2,1-2H3,(H,23,26)(H,24,25). The van der Waals surface area contributed by atoms with Crippen LogP contribution >= 0.6 is 11.3 Å². The number of thiazole rings is 1. The lowest BCUT2D eigenvalue weighted by atomic mass is 10.1. The topological polar surface area (TPSA) is 107 Å². The van der Waals surface area contributed by atoms with E-state index in [9.17, 15) is 13.2 Å². The lowest BCUT2D eigenvalue weighted by molar-refractivity contribution is -0.121. The number of ether oxygens (including phenoxy) is 2. The summed E-state index contributed by atoms with van der Waals surface area (Å²) in [4.78, 5) is 16.5. The van der Waals surface area contributed by atoms with Gasteiger partial charge in [0.15, 0.2) is 5.13 Å². The molecule has 2 N–H and O–H groups in total. The Balaban J connectivity index is 1.45. The van der Waals surface area contributed by atoms with Crippen LogP contribution in [0.4, 0.5) is 5.13 Å². The van der Waals surface area contributed by atoms with Gasteiger partial charge in [0.25, 0.3) is 10.0 Å². The highest BCUT2D eigenvalue weighted by Crippen LogP contribution is 2.22. The molecular weight excluding hydrogens is 450 g/mol. The molecule has 1 aromatic heterocycles. The molecule has 32 heavy (non-hydrogen) atoms. The van der Waals surface area contributed by atoms with Crippen molar-refractivity contribution in [2.24, 2.45) is 0 Å². The van der Waals surface area contributed by atoms with Gasteiger partial charge in [-0.3, -0.25) is 9.52 Å². The van der Waals surface area contributed by atoms with E-state index in [1.807, 2.05) is 24.3 Å². The second kappa shape index (κ2) is 11.0. The Bertz CT molecular complexity index is 1140. The smallest absolute Gasteiger partial charge is 0.263 e. The number of nitrogens with one attached hydrogen (secondary N) is 2. The van der Waals surface area contributed by atoms with E-state index in [0.29, 0.717) is 30.8 Å². The molecule has 0 aliphatic carbocycles. The largest absolute Gasteiger partial charge is 0.497 e. The van der Waals surface area contributed by atoms with Crippen molar-refractivity contribution in [3.8, 4) is 11.5 Å². The van der Waals surface area contributed by atoms with Gasteiger partial charge in [-0.1, -0.05) is 12.1 Å². The Labute approximate surface area is 191 Å². The Morgan fingerprint density at radius 3 is 2.50 bits per heavy atom. The van der Waals surface area contributed by atoms with Gasteiger partial charge in [-0.25, -0.2) is 13.4 Å². The Kier molecular flexibility index (Phi) is 8.07. The first-order chi connectivity index (χ1) is 15.4. The van der Waals surface area contributed by atoms with Gasteiger partial charge in [0, 0.05) is 18.3 Å². The van der Waals surface area contributed by atoms with Crippen molar-refractivity contribution in [1.29, 1.82) is 0 Å². The monoisotopic (exact) mass is 475 g/mol. The van der Waals surface area contributed by atoms with E-state index >= 15 is 0 Å². The van der Waals surface area contributed by atoms with E-state index in [0.717, 1.165) is 11.3 Å². The second-order valence-corrected chi connectivity index (χ2v) is 9.42. The molecule has 170 valence electrons. The Hall–Kier alpha value is -3.11. The summed E-state index contributed by atoms with van der Waals surface area (Å²) < 4.78 is 37.7. The molecule has 1 heterocycles. The first-order valence-corrected chi connectivity index (χ1v) is 12.3. The maximum absolute atomic E-state index is 12.5. The first-order valence-electron chi connectivity index (χ1n) is 9.90. The molecule has 0 aliphatic rings. The number of nitrogens with zero attached hydrogens (tertiary/aromatic N) is 1. The molecule has 8 nitrogen and oxygen atoms in total. The molecule has 0 atom stereocenters. The summed E-state index contributed by atoms with van der Waals surface area (Å²) in [6.07, 6.45) is 1.40. The van der Waals surface area contributed by atoms with Gasteiger partial charge in [0.1, 0.15) is 11.5 Å². The molecule has 0 unspecified atom stereocenters. The van der Waals surface area contributed by atoms with Crippen molar-refractivity contribution < 1.29 is 22.7 Å². The lowest BCUT2D eigenvalue weighted by Gasteiger charge is -2.07. The Morgan fingerprint density at radius 2 is 1.78 bits per heavy atom. The predicted octanol–water partition coefficient (Wildman–Crippen LogP) is 3.25. The highest BCUT2D eigenvalue weighted by atomic mass is 32.2. The molecule has 3 rings (SSSR count). The molecule has 0 saturated carbocycles. The lowest BCUT2D eigenvalue weighted by Crippen LogP contribution is -2.25. The predicted molar refractivity (Wildman–Crippen MR) is 124 cm³/mol. The number of benzene rings is 2. The number of hydrogen-bond donors (Lipinski definition) is 2. The maximum Gasteiger partial charge on any atom is 0.263 e. The van der Waals surface area contributed by atoms with Crippen LogP contribution in [0, 0.1) is 0 Å². The molecule has 0 fully saturated rings. The number of hydrogen-bond acceptors (Lipinski definition) is 7. The minimum absolute atomic E-state index is 0.0822. The summed E-state index contributed by atoms with van der Waals surface area (Å²) in [5, 5.41) is 4.89. The van der Waals surface area contributed by atoms with E-state index in [4.69, 9.17) is 9.47 Å². The second-order valence-electron chi connectivity index (χ2n) is 6.88. The van der Waals surface area contributed by atoms with Crippen LogP contribution in [-0.2, 0) is 27.7 Å². The van der Waals surface area contributed by atoms with Gasteiger partial charge in [0.05, 0.1) is 24.8 Å². The maximum atomic E-state index is 12.5. The van der Waals surface area contributed by atoms with Gasteiger partial charge in [-0.15, -0.1) is 11.3 Å². The fourth-order valence-electron chi connectivity index (χ4n) is 2.90. The van der Waals surface area contributed by atoms with Crippen molar-refractivity contribution in [1.82, 2.24) is 10.3 Å². The van der Waals surface area contributed by atoms with E-state index in [1.54, 1.807) is 24.6 Å². The van der Waals surface area contributed by atoms with Gasteiger partial charge in [0.2, 0.25) is 5.91 Å². The van der Waals surface area contributed by atoms with Crippen LogP contribution in [0.25, 0.3) is 0 Å². The molecule has 3 aromatic rings. The molecule has 0 bridgehead atoms. The van der Waals surface area contributed by atoms with Crippen molar-refractivity contribution >= 4 is 32.4 Å². The molecule has 0 spiro atoms. The molecule has 1 amide bonds. The van der Waals surface area contributed by atoms with Gasteiger partial charge >= 0.3 is 0 Å². The minimum atomic E-state index is -3.75. The Morgan fingerprint density at radius 1 is 1.03 bits per heavy atom. The molecule has 0 saturated heterocycles. The zero-order valence-corrected chi connectivity index (χ0v) is 19.5. The average Bonchev–Trinajstić information content (AvgIpc) is 3.24. The van der Waals surface area contributed by atoms with Crippen molar-refractivity contribution in [2.45, 2.75) is 24.2 Å². The summed E-state index contributed by atoms with van der Waals surface area (Å²) in [5.41, 5.74) is 1.74. The summed E-state index contributed by atoms with van der Waals surface area (Å²) in [6, 6.07) is 13.8. The van der Waals surface area contributed by atoms with Gasteiger partial charge in [-0.2, -0.15) is 0 Å². The van der Waals surface area contributed by atoms with Crippen molar-refractivity contribution in [3.05, 3.63) is 65.2 Å². The highest BCUT2D eigenvalue weighted by molar-refractivity contribution is 7.93. The number of amides is 1. The van der Waals surface area contributed by atoms with E-state index < -0.39 is 10.0 Å². The highest BCUT2D eigenvalue weighted by Gasteiger charge is 2.16. The minimum Gasteiger partial charge on any atom is -0.497 e. The third-order valence-electron chi connectivity index (χ3n) is 4.62. The SMILES string of the molecule is COc1ccc(S(=O)(=O)Nc2nc(CCC(=O)NCCc3cccc(OC)c3)cs2)cc1. The normalized spacial score (nSPS) is 11.1. The quantitative estimate of drug-likeness (QED) is 0.441. The fourth-order valence-corrected chi connectivity index (χ4v) is 4.90. The van der Waals surface area contributed by atoms with E-state index in [2.05, 4.69) is 15.0 Å². The van der Waals surface area contributed by atoms with Crippen LogP contribution in [0.5, 0.6) is 11.5 Å². The zero-order chi connectivity index (χ0) is 23.0. The number of sulfonamides is 1. The van der Waals surface area contributed by atoms with E-state index in [-0.39, 0.29) is 22.4 Å².